The second-order valence-corrected chi connectivity index (χ2v) is 7.05. The summed E-state index contributed by atoms with van der Waals surface area (Å²) in [5.74, 6) is 1.08. The van der Waals surface area contributed by atoms with Crippen LogP contribution in [0.4, 0.5) is 0 Å². The van der Waals surface area contributed by atoms with Gasteiger partial charge in [-0.1, -0.05) is 28.8 Å². The molecule has 2 aliphatic carbocycles. The molecule has 1 N–H and O–H groups in total. The van der Waals surface area contributed by atoms with Crippen LogP contribution >= 0.6 is 15.9 Å². The van der Waals surface area contributed by atoms with Crippen LogP contribution in [-0.4, -0.2) is 12.1 Å². The van der Waals surface area contributed by atoms with E-state index in [1.807, 2.05) is 0 Å². The molecule has 3 rings (SSSR count). The fraction of sp³-hybridized carbons (Fsp3) is 0.647. The highest BCUT2D eigenvalue weighted by atomic mass is 79.9. The Kier molecular flexibility index (Phi) is 5.00. The molecule has 0 saturated heterocycles. The van der Waals surface area contributed by atoms with E-state index in [9.17, 15) is 0 Å². The smallest absolute Gasteiger partial charge is 0.124 e. The molecule has 0 bridgehead atoms. The summed E-state index contributed by atoms with van der Waals surface area (Å²) in [5, 5.41) is 3.59. The van der Waals surface area contributed by atoms with Crippen molar-refractivity contribution in [1.29, 1.82) is 0 Å². The molecular formula is C17H24BrNO. The summed E-state index contributed by atoms with van der Waals surface area (Å²) in [6, 6.07) is 7.15. The van der Waals surface area contributed by atoms with E-state index in [4.69, 9.17) is 4.74 Å². The van der Waals surface area contributed by atoms with Crippen LogP contribution in [0.15, 0.2) is 22.7 Å². The van der Waals surface area contributed by atoms with Crippen LogP contribution in [0.1, 0.15) is 56.9 Å². The highest BCUT2D eigenvalue weighted by Crippen LogP contribution is 2.29. The Hall–Kier alpha value is -0.540. The summed E-state index contributed by atoms with van der Waals surface area (Å²) in [6.07, 6.45) is 10.9. The highest BCUT2D eigenvalue weighted by Gasteiger charge is 2.21. The van der Waals surface area contributed by atoms with Gasteiger partial charge in [0.2, 0.25) is 0 Å². The Balaban J connectivity index is 1.66. The molecule has 1 aromatic carbocycles. The van der Waals surface area contributed by atoms with Gasteiger partial charge in [-0.05, 0) is 56.7 Å². The number of rotatable bonds is 5. The van der Waals surface area contributed by atoms with Crippen molar-refractivity contribution < 1.29 is 4.74 Å². The van der Waals surface area contributed by atoms with Gasteiger partial charge in [0.05, 0.1) is 6.10 Å². The standard InChI is InChI=1S/C17H24BrNO/c18-14-7-10-17(13(11-14)12-19-15-8-9-15)20-16-5-3-1-2-4-6-16/h7,10-11,15-16,19H,1-6,8-9,12H2. The third-order valence-corrected chi connectivity index (χ3v) is 4.77. The van der Waals surface area contributed by atoms with Gasteiger partial charge in [0, 0.05) is 22.6 Å². The van der Waals surface area contributed by atoms with E-state index in [0.717, 1.165) is 22.8 Å². The predicted molar refractivity (Wildman–Crippen MR) is 86.1 cm³/mol. The summed E-state index contributed by atoms with van der Waals surface area (Å²) in [5.41, 5.74) is 1.29. The van der Waals surface area contributed by atoms with Gasteiger partial charge >= 0.3 is 0 Å². The van der Waals surface area contributed by atoms with Gasteiger partial charge in [-0.25, -0.2) is 0 Å². The van der Waals surface area contributed by atoms with Crippen LogP contribution in [-0.2, 0) is 6.54 Å². The summed E-state index contributed by atoms with van der Waals surface area (Å²) < 4.78 is 7.45. The zero-order chi connectivity index (χ0) is 13.8. The average Bonchev–Trinajstić information content (AvgIpc) is 3.26. The zero-order valence-corrected chi connectivity index (χ0v) is 13.6. The van der Waals surface area contributed by atoms with E-state index in [1.54, 1.807) is 0 Å². The van der Waals surface area contributed by atoms with Crippen LogP contribution in [0.2, 0.25) is 0 Å². The van der Waals surface area contributed by atoms with E-state index in [-0.39, 0.29) is 0 Å². The first-order chi connectivity index (χ1) is 9.81. The Bertz CT molecular complexity index is 437. The number of benzene rings is 1. The molecule has 0 aromatic heterocycles. The molecule has 2 saturated carbocycles. The Morgan fingerprint density at radius 1 is 1.05 bits per heavy atom. The second-order valence-electron chi connectivity index (χ2n) is 6.14. The van der Waals surface area contributed by atoms with Gasteiger partial charge in [0.15, 0.2) is 0 Å². The van der Waals surface area contributed by atoms with E-state index in [1.165, 1.54) is 56.9 Å². The second kappa shape index (κ2) is 6.95. The largest absolute Gasteiger partial charge is 0.490 e. The van der Waals surface area contributed by atoms with E-state index >= 15 is 0 Å². The summed E-state index contributed by atoms with van der Waals surface area (Å²) in [4.78, 5) is 0. The van der Waals surface area contributed by atoms with Crippen molar-refractivity contribution in [3.05, 3.63) is 28.2 Å². The first-order valence-corrected chi connectivity index (χ1v) is 8.79. The van der Waals surface area contributed by atoms with Crippen molar-refractivity contribution in [1.82, 2.24) is 5.32 Å². The van der Waals surface area contributed by atoms with Crippen molar-refractivity contribution in [2.24, 2.45) is 0 Å². The summed E-state index contributed by atoms with van der Waals surface area (Å²) >= 11 is 3.57. The number of nitrogens with one attached hydrogen (secondary N) is 1. The minimum atomic E-state index is 0.415. The van der Waals surface area contributed by atoms with Crippen molar-refractivity contribution in [3.8, 4) is 5.75 Å². The molecule has 2 fully saturated rings. The number of hydrogen-bond acceptors (Lipinski definition) is 2. The molecule has 0 radical (unpaired) electrons. The van der Waals surface area contributed by atoms with Crippen molar-refractivity contribution in [3.63, 3.8) is 0 Å². The third kappa shape index (κ3) is 4.23. The molecule has 3 heteroatoms. The van der Waals surface area contributed by atoms with Gasteiger partial charge < -0.3 is 10.1 Å². The molecule has 110 valence electrons. The van der Waals surface area contributed by atoms with Gasteiger partial charge in [0.1, 0.15) is 5.75 Å². The van der Waals surface area contributed by atoms with Crippen molar-refractivity contribution >= 4 is 15.9 Å². The van der Waals surface area contributed by atoms with Gasteiger partial charge in [-0.15, -0.1) is 0 Å². The quantitative estimate of drug-likeness (QED) is 0.779. The first-order valence-electron chi connectivity index (χ1n) is 8.00. The van der Waals surface area contributed by atoms with Gasteiger partial charge in [-0.3, -0.25) is 0 Å². The molecule has 20 heavy (non-hydrogen) atoms. The lowest BCUT2D eigenvalue weighted by atomic mass is 10.1. The lowest BCUT2D eigenvalue weighted by molar-refractivity contribution is 0.181. The van der Waals surface area contributed by atoms with Gasteiger partial charge in [-0.2, -0.15) is 0 Å². The van der Waals surface area contributed by atoms with Crippen LogP contribution in [0.5, 0.6) is 5.75 Å². The molecule has 1 aromatic rings. The Morgan fingerprint density at radius 3 is 2.50 bits per heavy atom. The molecule has 0 unspecified atom stereocenters. The monoisotopic (exact) mass is 337 g/mol. The van der Waals surface area contributed by atoms with E-state index in [2.05, 4.69) is 39.4 Å². The minimum Gasteiger partial charge on any atom is -0.490 e. The minimum absolute atomic E-state index is 0.415. The molecule has 0 heterocycles. The normalized spacial score (nSPS) is 20.6. The van der Waals surface area contributed by atoms with Crippen LogP contribution < -0.4 is 10.1 Å². The summed E-state index contributed by atoms with van der Waals surface area (Å²) in [6.45, 7) is 0.923. The Labute approximate surface area is 130 Å². The predicted octanol–water partition coefficient (Wildman–Crippen LogP) is 4.80. The van der Waals surface area contributed by atoms with Crippen molar-refractivity contribution in [2.75, 3.05) is 0 Å². The van der Waals surface area contributed by atoms with Gasteiger partial charge in [0.25, 0.3) is 0 Å². The third-order valence-electron chi connectivity index (χ3n) is 4.28. The fourth-order valence-electron chi connectivity index (χ4n) is 2.88. The number of ether oxygens (including phenoxy) is 1. The molecule has 0 atom stereocenters. The van der Waals surface area contributed by atoms with Crippen LogP contribution in [0, 0.1) is 0 Å². The first kappa shape index (κ1) is 14.4. The molecule has 0 aliphatic heterocycles. The maximum absolute atomic E-state index is 6.31. The number of halogens is 1. The maximum atomic E-state index is 6.31. The lowest BCUT2D eigenvalue weighted by Crippen LogP contribution is -2.19. The van der Waals surface area contributed by atoms with E-state index in [0.29, 0.717) is 6.10 Å². The SMILES string of the molecule is Brc1ccc(OC2CCCCCC2)c(CNC2CC2)c1. The maximum Gasteiger partial charge on any atom is 0.124 e. The molecular weight excluding hydrogens is 314 g/mol. The number of hydrogen-bond donors (Lipinski definition) is 1. The Morgan fingerprint density at radius 2 is 1.80 bits per heavy atom. The molecule has 0 amide bonds. The molecule has 2 nitrogen and oxygen atoms in total. The molecule has 2 aliphatic rings. The summed E-state index contributed by atoms with van der Waals surface area (Å²) in [7, 11) is 0. The topological polar surface area (TPSA) is 21.3 Å². The zero-order valence-electron chi connectivity index (χ0n) is 12.0. The highest BCUT2D eigenvalue weighted by molar-refractivity contribution is 9.10. The van der Waals surface area contributed by atoms with E-state index < -0.39 is 0 Å². The fourth-order valence-corrected chi connectivity index (χ4v) is 3.29. The van der Waals surface area contributed by atoms with Crippen molar-refractivity contribution in [2.45, 2.75) is 70.1 Å². The van der Waals surface area contributed by atoms with Crippen LogP contribution in [0.25, 0.3) is 0 Å². The van der Waals surface area contributed by atoms with Crippen LogP contribution in [0.3, 0.4) is 0 Å². The lowest BCUT2D eigenvalue weighted by Gasteiger charge is -2.20. The molecule has 0 spiro atoms. The average molecular weight is 338 g/mol.